The van der Waals surface area contributed by atoms with Gasteiger partial charge < -0.3 is 15.7 Å². The molecular formula is C23H28N2O4S. The van der Waals surface area contributed by atoms with E-state index < -0.39 is 17.8 Å². The zero-order valence-electron chi connectivity index (χ0n) is 17.0. The number of carboxylic acids is 1. The number of allylic oxidation sites excluding steroid dienone is 2. The quantitative estimate of drug-likeness (QED) is 0.622. The van der Waals surface area contributed by atoms with Gasteiger partial charge in [0.1, 0.15) is 5.00 Å². The largest absolute Gasteiger partial charge is 0.481 e. The Balaban J connectivity index is 1.38. The van der Waals surface area contributed by atoms with E-state index in [0.29, 0.717) is 10.6 Å². The first-order valence-electron chi connectivity index (χ1n) is 11.2. The summed E-state index contributed by atoms with van der Waals surface area (Å²) in [7, 11) is 0. The van der Waals surface area contributed by atoms with Crippen LogP contribution in [0, 0.1) is 23.7 Å². The Bertz CT molecular complexity index is 915. The van der Waals surface area contributed by atoms with Gasteiger partial charge in [0.15, 0.2) is 0 Å². The number of carboxylic acid groups (broad SMARTS) is 1. The average molecular weight is 429 g/mol. The first-order valence-corrected chi connectivity index (χ1v) is 12.0. The van der Waals surface area contributed by atoms with Gasteiger partial charge in [-0.2, -0.15) is 0 Å². The topological polar surface area (TPSA) is 95.5 Å². The number of rotatable bonds is 5. The van der Waals surface area contributed by atoms with Crippen LogP contribution in [0.1, 0.15) is 65.7 Å². The first kappa shape index (κ1) is 19.8. The van der Waals surface area contributed by atoms with E-state index >= 15 is 0 Å². The second kappa shape index (κ2) is 7.84. The van der Waals surface area contributed by atoms with E-state index in [1.165, 1.54) is 22.6 Å². The Morgan fingerprint density at radius 1 is 0.967 bits per heavy atom. The molecule has 0 radical (unpaired) electrons. The van der Waals surface area contributed by atoms with Gasteiger partial charge in [0.2, 0.25) is 5.91 Å². The molecule has 2 saturated carbocycles. The van der Waals surface area contributed by atoms with Crippen molar-refractivity contribution in [3.05, 3.63) is 28.2 Å². The zero-order valence-corrected chi connectivity index (χ0v) is 17.8. The maximum absolute atomic E-state index is 13.2. The van der Waals surface area contributed by atoms with Gasteiger partial charge in [-0.1, -0.05) is 31.4 Å². The molecule has 0 aliphatic heterocycles. The molecule has 4 aliphatic carbocycles. The van der Waals surface area contributed by atoms with Crippen LogP contribution in [0.5, 0.6) is 0 Å². The lowest BCUT2D eigenvalue weighted by Gasteiger charge is -2.24. The summed E-state index contributed by atoms with van der Waals surface area (Å²) in [6.07, 6.45) is 13.0. The number of aliphatic carboxylic acids is 1. The van der Waals surface area contributed by atoms with Crippen LogP contribution in [0.15, 0.2) is 12.2 Å². The molecule has 1 aromatic heterocycles. The van der Waals surface area contributed by atoms with E-state index in [-0.39, 0.29) is 29.7 Å². The number of thiophene rings is 1. The third-order valence-electron chi connectivity index (χ3n) is 7.37. The van der Waals surface area contributed by atoms with Crippen molar-refractivity contribution in [1.82, 2.24) is 5.32 Å². The third-order valence-corrected chi connectivity index (χ3v) is 8.58. The molecule has 160 valence electrons. The van der Waals surface area contributed by atoms with Gasteiger partial charge >= 0.3 is 5.97 Å². The fourth-order valence-corrected chi connectivity index (χ4v) is 7.24. The number of nitrogens with one attached hydrogen (secondary N) is 2. The fourth-order valence-electron chi connectivity index (χ4n) is 5.95. The monoisotopic (exact) mass is 428 g/mol. The molecule has 0 unspecified atom stereocenters. The van der Waals surface area contributed by atoms with Crippen LogP contribution in [-0.2, 0) is 22.4 Å². The number of hydrogen-bond acceptors (Lipinski definition) is 4. The zero-order chi connectivity index (χ0) is 20.8. The maximum Gasteiger partial charge on any atom is 0.307 e. The molecule has 4 atom stereocenters. The minimum Gasteiger partial charge on any atom is -0.481 e. The number of amides is 2. The normalized spacial score (nSPS) is 29.7. The second-order valence-electron chi connectivity index (χ2n) is 9.20. The molecule has 30 heavy (non-hydrogen) atoms. The summed E-state index contributed by atoms with van der Waals surface area (Å²) in [5.74, 6) is -2.58. The van der Waals surface area contributed by atoms with Crippen molar-refractivity contribution in [1.29, 1.82) is 0 Å². The first-order chi connectivity index (χ1) is 14.5. The molecule has 3 N–H and O–H groups in total. The van der Waals surface area contributed by atoms with Crippen LogP contribution in [-0.4, -0.2) is 28.9 Å². The molecule has 7 heteroatoms. The van der Waals surface area contributed by atoms with Crippen LogP contribution < -0.4 is 10.6 Å². The predicted octanol–water partition coefficient (Wildman–Crippen LogP) is 3.76. The summed E-state index contributed by atoms with van der Waals surface area (Å²) >= 11 is 1.50. The van der Waals surface area contributed by atoms with E-state index in [1.54, 1.807) is 0 Å². The lowest BCUT2D eigenvalue weighted by molar-refractivity contribution is -0.146. The number of carbonyl (C=O) groups is 3. The van der Waals surface area contributed by atoms with Gasteiger partial charge in [-0.25, -0.2) is 0 Å². The minimum atomic E-state index is -0.907. The number of carbonyl (C=O) groups excluding carboxylic acids is 2. The van der Waals surface area contributed by atoms with Crippen molar-refractivity contribution in [3.63, 3.8) is 0 Å². The average Bonchev–Trinajstić information content (AvgIpc) is 3.48. The standard InChI is InChI=1S/C23H28N2O4S/c26-20(17-12-9-10-13(11-12)18(17)23(28)29)25-22-19(15-7-4-8-16(15)30-22)21(27)24-14-5-2-1-3-6-14/h9-10,12-14,17-18H,1-8,11H2,(H,24,27)(H,25,26)(H,28,29)/t12-,13-,17-,18-/m0/s1. The lowest BCUT2D eigenvalue weighted by atomic mass is 9.82. The summed E-state index contributed by atoms with van der Waals surface area (Å²) in [6, 6.07) is 0.207. The minimum absolute atomic E-state index is 0.0255. The van der Waals surface area contributed by atoms with Crippen LogP contribution in [0.25, 0.3) is 0 Å². The Labute approximate surface area is 180 Å². The summed E-state index contributed by atoms with van der Waals surface area (Å²) in [4.78, 5) is 39.3. The molecule has 2 amide bonds. The van der Waals surface area contributed by atoms with Gasteiger partial charge in [0, 0.05) is 10.9 Å². The van der Waals surface area contributed by atoms with Gasteiger partial charge in [-0.05, 0) is 55.9 Å². The van der Waals surface area contributed by atoms with Crippen molar-refractivity contribution < 1.29 is 19.5 Å². The van der Waals surface area contributed by atoms with Crippen LogP contribution in [0.3, 0.4) is 0 Å². The van der Waals surface area contributed by atoms with Crippen molar-refractivity contribution in [3.8, 4) is 0 Å². The molecule has 1 heterocycles. The fraction of sp³-hybridized carbons (Fsp3) is 0.609. The summed E-state index contributed by atoms with van der Waals surface area (Å²) in [5.41, 5.74) is 1.70. The van der Waals surface area contributed by atoms with Gasteiger partial charge in [-0.15, -0.1) is 11.3 Å². The molecule has 0 aromatic carbocycles. The van der Waals surface area contributed by atoms with Crippen molar-refractivity contribution in [2.75, 3.05) is 5.32 Å². The SMILES string of the molecule is O=C(NC1CCCCC1)c1c(NC(=O)[C@@H]2[C@@H](C(=O)O)[C@H]3C=C[C@H]2C3)sc2c1CCC2. The highest BCUT2D eigenvalue weighted by atomic mass is 32.1. The Morgan fingerprint density at radius 2 is 1.70 bits per heavy atom. The molecule has 0 spiro atoms. The lowest BCUT2D eigenvalue weighted by Crippen LogP contribution is -2.38. The molecule has 5 rings (SSSR count). The highest BCUT2D eigenvalue weighted by Crippen LogP contribution is 2.49. The molecule has 2 fully saturated rings. The Morgan fingerprint density at radius 3 is 2.43 bits per heavy atom. The number of anilines is 1. The summed E-state index contributed by atoms with van der Waals surface area (Å²) in [5, 5.41) is 16.5. The predicted molar refractivity (Wildman–Crippen MR) is 115 cm³/mol. The molecule has 1 aromatic rings. The summed E-state index contributed by atoms with van der Waals surface area (Å²) in [6.45, 7) is 0. The van der Waals surface area contributed by atoms with Crippen molar-refractivity contribution in [2.45, 2.75) is 63.8 Å². The summed E-state index contributed by atoms with van der Waals surface area (Å²) < 4.78 is 0. The van der Waals surface area contributed by atoms with E-state index in [9.17, 15) is 19.5 Å². The smallest absolute Gasteiger partial charge is 0.307 e. The van der Waals surface area contributed by atoms with E-state index in [1.807, 2.05) is 12.2 Å². The third kappa shape index (κ3) is 3.37. The molecule has 0 saturated heterocycles. The van der Waals surface area contributed by atoms with Crippen LogP contribution in [0.2, 0.25) is 0 Å². The Kier molecular flexibility index (Phi) is 5.17. The number of fused-ring (bicyclic) bond motifs is 3. The van der Waals surface area contributed by atoms with Crippen LogP contribution in [0.4, 0.5) is 5.00 Å². The second-order valence-corrected chi connectivity index (χ2v) is 10.3. The molecule has 2 bridgehead atoms. The molecular weight excluding hydrogens is 400 g/mol. The van der Waals surface area contributed by atoms with E-state index in [0.717, 1.165) is 56.9 Å². The van der Waals surface area contributed by atoms with E-state index in [4.69, 9.17) is 0 Å². The maximum atomic E-state index is 13.2. The molecule has 4 aliphatic rings. The van der Waals surface area contributed by atoms with Gasteiger partial charge in [-0.3, -0.25) is 14.4 Å². The highest BCUT2D eigenvalue weighted by Gasteiger charge is 2.51. The molecule has 6 nitrogen and oxygen atoms in total. The Hall–Kier alpha value is -2.15. The highest BCUT2D eigenvalue weighted by molar-refractivity contribution is 7.17. The van der Waals surface area contributed by atoms with Gasteiger partial charge in [0.25, 0.3) is 5.91 Å². The number of aryl methyl sites for hydroxylation is 1. The van der Waals surface area contributed by atoms with Crippen molar-refractivity contribution in [2.24, 2.45) is 23.7 Å². The van der Waals surface area contributed by atoms with Crippen molar-refractivity contribution >= 4 is 34.1 Å². The van der Waals surface area contributed by atoms with Gasteiger partial charge in [0.05, 0.1) is 17.4 Å². The van der Waals surface area contributed by atoms with E-state index in [2.05, 4.69) is 10.6 Å². The number of hydrogen-bond donors (Lipinski definition) is 3. The van der Waals surface area contributed by atoms with Crippen LogP contribution >= 0.6 is 11.3 Å².